The van der Waals surface area contributed by atoms with Gasteiger partial charge >= 0.3 is 0 Å². The van der Waals surface area contributed by atoms with E-state index in [1.54, 1.807) is 0 Å². The largest absolute Gasteiger partial charge is 0.394 e. The Morgan fingerprint density at radius 1 is 1.54 bits per heavy atom. The first-order valence-electron chi connectivity index (χ1n) is 4.44. The Balaban J connectivity index is 2.50. The van der Waals surface area contributed by atoms with Crippen molar-refractivity contribution < 1.29 is 13.5 Å². The Kier molecular flexibility index (Phi) is 2.99. The van der Waals surface area contributed by atoms with Crippen LogP contribution in [0, 0.1) is 0 Å². The summed E-state index contributed by atoms with van der Waals surface area (Å²) in [6, 6.07) is 0.00662. The van der Waals surface area contributed by atoms with Crippen molar-refractivity contribution in [3.05, 3.63) is 0 Å². The predicted molar refractivity (Wildman–Crippen MR) is 51.4 cm³/mol. The van der Waals surface area contributed by atoms with E-state index in [1.807, 2.05) is 13.8 Å². The molecule has 0 aromatic rings. The van der Waals surface area contributed by atoms with Crippen LogP contribution in [0.1, 0.15) is 20.3 Å². The number of hydrogen-bond donors (Lipinski definition) is 2. The van der Waals surface area contributed by atoms with Gasteiger partial charge in [0.05, 0.1) is 18.1 Å². The molecule has 1 fully saturated rings. The Morgan fingerprint density at radius 3 is 2.54 bits per heavy atom. The van der Waals surface area contributed by atoms with Crippen molar-refractivity contribution in [1.82, 2.24) is 5.32 Å². The maximum Gasteiger partial charge on any atom is 0.151 e. The van der Waals surface area contributed by atoms with Crippen LogP contribution >= 0.6 is 0 Å². The van der Waals surface area contributed by atoms with Gasteiger partial charge in [-0.05, 0) is 20.3 Å². The minimum Gasteiger partial charge on any atom is -0.394 e. The number of nitrogens with one attached hydrogen (secondary N) is 1. The van der Waals surface area contributed by atoms with Crippen LogP contribution in [0.4, 0.5) is 0 Å². The lowest BCUT2D eigenvalue weighted by Crippen LogP contribution is -2.48. The molecule has 1 heterocycles. The zero-order chi connectivity index (χ0) is 10.1. The highest BCUT2D eigenvalue weighted by atomic mass is 32.2. The summed E-state index contributed by atoms with van der Waals surface area (Å²) in [7, 11) is -2.82. The molecule has 1 atom stereocenters. The molecule has 1 unspecified atom stereocenters. The first-order valence-corrected chi connectivity index (χ1v) is 6.26. The van der Waals surface area contributed by atoms with Gasteiger partial charge in [-0.25, -0.2) is 8.42 Å². The lowest BCUT2D eigenvalue weighted by atomic mass is 10.1. The van der Waals surface area contributed by atoms with Gasteiger partial charge < -0.3 is 10.4 Å². The van der Waals surface area contributed by atoms with Gasteiger partial charge in [-0.15, -0.1) is 0 Å². The number of aliphatic hydroxyl groups is 1. The van der Waals surface area contributed by atoms with Crippen LogP contribution in [-0.2, 0) is 9.84 Å². The molecule has 13 heavy (non-hydrogen) atoms. The van der Waals surface area contributed by atoms with E-state index < -0.39 is 9.84 Å². The van der Waals surface area contributed by atoms with E-state index in [4.69, 9.17) is 5.11 Å². The van der Waals surface area contributed by atoms with E-state index in [0.29, 0.717) is 6.42 Å². The smallest absolute Gasteiger partial charge is 0.151 e. The number of rotatable bonds is 3. The van der Waals surface area contributed by atoms with Crippen molar-refractivity contribution in [2.75, 3.05) is 18.1 Å². The van der Waals surface area contributed by atoms with E-state index in [9.17, 15) is 8.42 Å². The molecule has 0 saturated carbocycles. The minimum atomic E-state index is -2.82. The average molecular weight is 207 g/mol. The third kappa shape index (κ3) is 3.25. The third-order valence-electron chi connectivity index (χ3n) is 2.22. The molecule has 5 heteroatoms. The fraction of sp³-hybridized carbons (Fsp3) is 1.00. The van der Waals surface area contributed by atoms with E-state index in [1.165, 1.54) is 0 Å². The zero-order valence-electron chi connectivity index (χ0n) is 8.08. The predicted octanol–water partition coefficient (Wildman–Crippen LogP) is -0.466. The molecule has 0 aromatic heterocycles. The zero-order valence-corrected chi connectivity index (χ0v) is 8.89. The molecule has 78 valence electrons. The molecule has 2 N–H and O–H groups in total. The summed E-state index contributed by atoms with van der Waals surface area (Å²) >= 11 is 0. The summed E-state index contributed by atoms with van der Waals surface area (Å²) in [5.41, 5.74) is -0.384. The summed E-state index contributed by atoms with van der Waals surface area (Å²) in [4.78, 5) is 0. The molecule has 0 aromatic carbocycles. The highest BCUT2D eigenvalue weighted by Gasteiger charge is 2.31. The lowest BCUT2D eigenvalue weighted by Gasteiger charge is -2.27. The molecule has 0 amide bonds. The molecule has 1 rings (SSSR count). The van der Waals surface area contributed by atoms with Gasteiger partial charge in [0, 0.05) is 11.6 Å². The summed E-state index contributed by atoms with van der Waals surface area (Å²) in [6.07, 6.45) is 0.658. The Bertz CT molecular complexity index is 271. The van der Waals surface area contributed by atoms with Crippen LogP contribution in [0.15, 0.2) is 0 Å². The number of hydrogen-bond acceptors (Lipinski definition) is 4. The standard InChI is InChI=1S/C8H17NO3S/c1-8(2,6-10)9-7-3-4-13(11,12)5-7/h7,9-10H,3-6H2,1-2H3. The normalized spacial score (nSPS) is 27.8. The second-order valence-electron chi connectivity index (χ2n) is 4.29. The van der Waals surface area contributed by atoms with Crippen LogP contribution in [-0.4, -0.2) is 43.2 Å². The summed E-state index contributed by atoms with van der Waals surface area (Å²) in [6.45, 7) is 3.74. The SMILES string of the molecule is CC(C)(CO)NC1CCS(=O)(=O)C1. The Labute approximate surface area is 79.3 Å². The monoisotopic (exact) mass is 207 g/mol. The molecule has 0 bridgehead atoms. The highest BCUT2D eigenvalue weighted by Crippen LogP contribution is 2.14. The maximum atomic E-state index is 11.1. The van der Waals surface area contributed by atoms with Gasteiger partial charge in [-0.1, -0.05) is 0 Å². The van der Waals surface area contributed by atoms with Gasteiger partial charge in [0.15, 0.2) is 9.84 Å². The summed E-state index contributed by atoms with van der Waals surface area (Å²) < 4.78 is 22.2. The summed E-state index contributed by atoms with van der Waals surface area (Å²) in [5.74, 6) is 0.475. The van der Waals surface area contributed by atoms with Crippen molar-refractivity contribution in [3.8, 4) is 0 Å². The van der Waals surface area contributed by atoms with Crippen LogP contribution < -0.4 is 5.32 Å². The molecule has 1 aliphatic heterocycles. The molecule has 1 aliphatic rings. The minimum absolute atomic E-state index is 0.00662. The van der Waals surface area contributed by atoms with Crippen LogP contribution in [0.2, 0.25) is 0 Å². The van der Waals surface area contributed by atoms with E-state index >= 15 is 0 Å². The van der Waals surface area contributed by atoms with Crippen LogP contribution in [0.25, 0.3) is 0 Å². The highest BCUT2D eigenvalue weighted by molar-refractivity contribution is 7.91. The molecule has 0 radical (unpaired) electrons. The van der Waals surface area contributed by atoms with Gasteiger partial charge in [0.1, 0.15) is 0 Å². The van der Waals surface area contributed by atoms with Crippen LogP contribution in [0.3, 0.4) is 0 Å². The van der Waals surface area contributed by atoms with Crippen molar-refractivity contribution >= 4 is 9.84 Å². The molecule has 4 nitrogen and oxygen atoms in total. The fourth-order valence-electron chi connectivity index (χ4n) is 1.51. The average Bonchev–Trinajstić information content (AvgIpc) is 2.29. The molecule has 0 aliphatic carbocycles. The number of aliphatic hydroxyl groups excluding tert-OH is 1. The van der Waals surface area contributed by atoms with Crippen molar-refractivity contribution in [2.45, 2.75) is 31.8 Å². The van der Waals surface area contributed by atoms with Crippen molar-refractivity contribution in [3.63, 3.8) is 0 Å². The molecular formula is C8H17NO3S. The molecule has 0 spiro atoms. The van der Waals surface area contributed by atoms with E-state index in [0.717, 1.165) is 0 Å². The Hall–Kier alpha value is -0.130. The van der Waals surface area contributed by atoms with Gasteiger partial charge in [0.25, 0.3) is 0 Å². The van der Waals surface area contributed by atoms with Crippen molar-refractivity contribution in [2.24, 2.45) is 0 Å². The Morgan fingerprint density at radius 2 is 2.15 bits per heavy atom. The van der Waals surface area contributed by atoms with E-state index in [-0.39, 0.29) is 29.7 Å². The van der Waals surface area contributed by atoms with Crippen molar-refractivity contribution in [1.29, 1.82) is 0 Å². The first-order chi connectivity index (χ1) is 5.85. The fourth-order valence-corrected chi connectivity index (χ4v) is 3.18. The quantitative estimate of drug-likeness (QED) is 0.657. The number of sulfone groups is 1. The summed E-state index contributed by atoms with van der Waals surface area (Å²) in [5, 5.41) is 12.1. The second kappa shape index (κ2) is 3.55. The van der Waals surface area contributed by atoms with Crippen LogP contribution in [0.5, 0.6) is 0 Å². The molecular weight excluding hydrogens is 190 g/mol. The topological polar surface area (TPSA) is 66.4 Å². The van der Waals surface area contributed by atoms with E-state index in [2.05, 4.69) is 5.32 Å². The molecule has 1 saturated heterocycles. The second-order valence-corrected chi connectivity index (χ2v) is 6.52. The van der Waals surface area contributed by atoms with Gasteiger partial charge in [-0.3, -0.25) is 0 Å². The van der Waals surface area contributed by atoms with Gasteiger partial charge in [-0.2, -0.15) is 0 Å². The maximum absolute atomic E-state index is 11.1. The lowest BCUT2D eigenvalue weighted by molar-refractivity contribution is 0.178. The van der Waals surface area contributed by atoms with Gasteiger partial charge in [0.2, 0.25) is 0 Å². The first kappa shape index (κ1) is 10.9. The third-order valence-corrected chi connectivity index (χ3v) is 3.99.